The molecule has 1 N–H and O–H groups in total. The van der Waals surface area contributed by atoms with Gasteiger partial charge in [0.2, 0.25) is 0 Å². The molecule has 0 spiro atoms. The second-order valence-corrected chi connectivity index (χ2v) is 8.40. The normalized spacial score (nSPS) is 31.3. The summed E-state index contributed by atoms with van der Waals surface area (Å²) in [5.74, 6) is -1.09. The van der Waals surface area contributed by atoms with Crippen LogP contribution in [0, 0.1) is 0 Å². The summed E-state index contributed by atoms with van der Waals surface area (Å²) in [7, 11) is -3.23. The van der Waals surface area contributed by atoms with Gasteiger partial charge in [-0.3, -0.25) is 9.69 Å². The van der Waals surface area contributed by atoms with Gasteiger partial charge in [0.1, 0.15) is 0 Å². The lowest BCUT2D eigenvalue weighted by Gasteiger charge is -2.44. The molecule has 124 valence electrons. The van der Waals surface area contributed by atoms with Crippen LogP contribution < -0.4 is 0 Å². The number of rotatable bonds is 2. The quantitative estimate of drug-likeness (QED) is 0.702. The van der Waals surface area contributed by atoms with Crippen LogP contribution >= 0.6 is 0 Å². The van der Waals surface area contributed by atoms with Gasteiger partial charge in [0.25, 0.3) is 0 Å². The van der Waals surface area contributed by atoms with E-state index in [1.165, 1.54) is 0 Å². The number of urea groups is 1. The van der Waals surface area contributed by atoms with E-state index in [2.05, 4.69) is 0 Å². The number of carbonyl (C=O) groups is 2. The van der Waals surface area contributed by atoms with Crippen LogP contribution in [0.4, 0.5) is 4.79 Å². The molecular formula is C13H21N3O5S. The van der Waals surface area contributed by atoms with Crippen molar-refractivity contribution in [2.24, 2.45) is 0 Å². The summed E-state index contributed by atoms with van der Waals surface area (Å²) in [5, 5.41) is 8.98. The second kappa shape index (κ2) is 5.69. The molecule has 9 heteroatoms. The molecule has 0 aromatic rings. The fourth-order valence-corrected chi connectivity index (χ4v) is 5.73. The van der Waals surface area contributed by atoms with Gasteiger partial charge in [-0.15, -0.1) is 0 Å². The summed E-state index contributed by atoms with van der Waals surface area (Å²) in [5.41, 5.74) is 0. The van der Waals surface area contributed by atoms with Gasteiger partial charge in [-0.2, -0.15) is 0 Å². The van der Waals surface area contributed by atoms with E-state index >= 15 is 0 Å². The average molecular weight is 331 g/mol. The molecule has 8 nitrogen and oxygen atoms in total. The lowest BCUT2D eigenvalue weighted by molar-refractivity contribution is -0.139. The first-order valence-corrected chi connectivity index (χ1v) is 9.41. The predicted octanol–water partition coefficient (Wildman–Crippen LogP) is -0.930. The Morgan fingerprint density at radius 3 is 2.27 bits per heavy atom. The number of piperazine rings is 1. The number of hydrogen-bond donors (Lipinski definition) is 1. The van der Waals surface area contributed by atoms with Crippen LogP contribution in [0.2, 0.25) is 0 Å². The van der Waals surface area contributed by atoms with Crippen molar-refractivity contribution in [1.82, 2.24) is 14.7 Å². The van der Waals surface area contributed by atoms with Gasteiger partial charge < -0.3 is 14.9 Å². The van der Waals surface area contributed by atoms with Crippen LogP contribution in [0.5, 0.6) is 0 Å². The molecule has 0 aromatic carbocycles. The largest absolute Gasteiger partial charge is 0.480 e. The molecule has 3 aliphatic rings. The van der Waals surface area contributed by atoms with Crippen LogP contribution in [-0.2, 0) is 14.6 Å². The minimum absolute atomic E-state index is 0.0608. The number of carboxylic acids is 1. The number of carbonyl (C=O) groups excluding carboxylic acids is 1. The van der Waals surface area contributed by atoms with Gasteiger partial charge in [0.15, 0.2) is 9.84 Å². The van der Waals surface area contributed by atoms with Crippen molar-refractivity contribution >= 4 is 21.8 Å². The highest BCUT2D eigenvalue weighted by atomic mass is 32.2. The number of nitrogens with zero attached hydrogens (tertiary/aromatic N) is 3. The molecule has 3 fully saturated rings. The molecule has 0 aromatic heterocycles. The summed E-state index contributed by atoms with van der Waals surface area (Å²) >= 11 is 0. The van der Waals surface area contributed by atoms with Crippen molar-refractivity contribution in [1.29, 1.82) is 0 Å². The molecule has 0 saturated carbocycles. The van der Waals surface area contributed by atoms with Gasteiger partial charge in [-0.1, -0.05) is 0 Å². The van der Waals surface area contributed by atoms with E-state index in [9.17, 15) is 18.0 Å². The zero-order valence-corrected chi connectivity index (χ0v) is 13.2. The second-order valence-electron chi connectivity index (χ2n) is 6.25. The highest BCUT2D eigenvalue weighted by Gasteiger charge is 2.49. The number of hydrogen-bond acceptors (Lipinski definition) is 5. The number of carboxylic acid groups (broad SMARTS) is 1. The molecule has 3 saturated heterocycles. The maximum absolute atomic E-state index is 12.6. The van der Waals surface area contributed by atoms with Crippen molar-refractivity contribution < 1.29 is 23.1 Å². The molecule has 3 heterocycles. The predicted molar refractivity (Wildman–Crippen MR) is 78.3 cm³/mol. The Kier molecular flexibility index (Phi) is 4.02. The van der Waals surface area contributed by atoms with E-state index in [0.717, 1.165) is 25.9 Å². The maximum Gasteiger partial charge on any atom is 0.320 e. The van der Waals surface area contributed by atoms with E-state index in [4.69, 9.17) is 5.11 Å². The molecule has 2 amide bonds. The van der Waals surface area contributed by atoms with Crippen LogP contribution in [0.15, 0.2) is 0 Å². The molecule has 3 rings (SSSR count). The zero-order chi connectivity index (χ0) is 15.9. The van der Waals surface area contributed by atoms with E-state index in [1.807, 2.05) is 0 Å². The minimum Gasteiger partial charge on any atom is -0.480 e. The van der Waals surface area contributed by atoms with Gasteiger partial charge in [0.05, 0.1) is 24.1 Å². The molecule has 0 bridgehead atoms. The van der Waals surface area contributed by atoms with Crippen LogP contribution in [0.3, 0.4) is 0 Å². The summed E-state index contributed by atoms with van der Waals surface area (Å²) in [6.45, 7) is 2.06. The van der Waals surface area contributed by atoms with Crippen molar-refractivity contribution in [3.63, 3.8) is 0 Å². The first kappa shape index (κ1) is 15.5. The Labute approximate surface area is 129 Å². The highest BCUT2D eigenvalue weighted by molar-refractivity contribution is 7.91. The molecule has 0 radical (unpaired) electrons. The van der Waals surface area contributed by atoms with Gasteiger partial charge in [-0.05, 0) is 12.8 Å². The minimum atomic E-state index is -3.23. The Bertz CT molecular complexity index is 572. The highest BCUT2D eigenvalue weighted by Crippen LogP contribution is 2.28. The monoisotopic (exact) mass is 331 g/mol. The Morgan fingerprint density at radius 2 is 1.64 bits per heavy atom. The van der Waals surface area contributed by atoms with E-state index in [1.54, 1.807) is 14.7 Å². The van der Waals surface area contributed by atoms with Crippen molar-refractivity contribution in [3.8, 4) is 0 Å². The summed E-state index contributed by atoms with van der Waals surface area (Å²) in [4.78, 5) is 28.7. The van der Waals surface area contributed by atoms with Crippen LogP contribution in [0.25, 0.3) is 0 Å². The van der Waals surface area contributed by atoms with Gasteiger partial charge >= 0.3 is 12.0 Å². The fourth-order valence-electron chi connectivity index (χ4n) is 3.72. The SMILES string of the molecule is O=C(O)CN1CCN(C(=O)N2CCCC2)[C@H]2CS(=O)(=O)C[C@H]21. The first-order chi connectivity index (χ1) is 10.4. The van der Waals surface area contributed by atoms with E-state index < -0.39 is 27.9 Å². The Hall–Kier alpha value is -1.35. The van der Waals surface area contributed by atoms with Crippen molar-refractivity contribution in [2.45, 2.75) is 24.9 Å². The summed E-state index contributed by atoms with van der Waals surface area (Å²) in [6, 6.07) is -0.924. The van der Waals surface area contributed by atoms with E-state index in [-0.39, 0.29) is 24.1 Å². The zero-order valence-electron chi connectivity index (χ0n) is 12.3. The average Bonchev–Trinajstić information content (AvgIpc) is 3.04. The lowest BCUT2D eigenvalue weighted by atomic mass is 10.1. The number of aliphatic carboxylic acids is 1. The summed E-state index contributed by atoms with van der Waals surface area (Å²) in [6.07, 6.45) is 1.97. The number of amides is 2. The van der Waals surface area contributed by atoms with Crippen LogP contribution in [0.1, 0.15) is 12.8 Å². The van der Waals surface area contributed by atoms with E-state index in [0.29, 0.717) is 13.1 Å². The third-order valence-corrected chi connectivity index (χ3v) is 6.45. The molecular weight excluding hydrogens is 310 g/mol. The molecule has 3 aliphatic heterocycles. The third-order valence-electron chi connectivity index (χ3n) is 4.75. The number of fused-ring (bicyclic) bond motifs is 1. The standard InChI is InChI=1S/C13H21N3O5S/c17-12(18)7-15-5-6-16(13(19)14-3-1-2-4-14)11-9-22(20,21)8-10(11)15/h10-11H,1-9H2,(H,17,18)/t10-,11+/m1/s1. The number of sulfone groups is 1. The Morgan fingerprint density at radius 1 is 1.00 bits per heavy atom. The van der Waals surface area contributed by atoms with Crippen molar-refractivity contribution in [3.05, 3.63) is 0 Å². The molecule has 0 aliphatic carbocycles. The smallest absolute Gasteiger partial charge is 0.320 e. The molecule has 2 atom stereocenters. The van der Waals surface area contributed by atoms with Crippen LogP contribution in [-0.4, -0.2) is 96.5 Å². The molecule has 22 heavy (non-hydrogen) atoms. The van der Waals surface area contributed by atoms with Gasteiger partial charge in [0, 0.05) is 32.2 Å². The fraction of sp³-hybridized carbons (Fsp3) is 0.846. The topological polar surface area (TPSA) is 98.2 Å². The van der Waals surface area contributed by atoms with Crippen molar-refractivity contribution in [2.75, 3.05) is 44.2 Å². The summed E-state index contributed by atoms with van der Waals surface area (Å²) < 4.78 is 24.0. The lowest BCUT2D eigenvalue weighted by Crippen LogP contribution is -2.63. The number of likely N-dealkylation sites (tertiary alicyclic amines) is 1. The molecule has 0 unspecified atom stereocenters. The Balaban J connectivity index is 1.80. The van der Waals surface area contributed by atoms with Gasteiger partial charge in [-0.25, -0.2) is 13.2 Å². The first-order valence-electron chi connectivity index (χ1n) is 7.59. The maximum atomic E-state index is 12.6. The third kappa shape index (κ3) is 2.91.